The molecule has 142 valence electrons. The zero-order valence-electron chi connectivity index (χ0n) is 15.4. The molecule has 0 saturated carbocycles. The Hall–Kier alpha value is -4.25. The molecule has 4 aromatic rings. The summed E-state index contributed by atoms with van der Waals surface area (Å²) in [6, 6.07) is 18.5. The minimum atomic E-state index is -0.366. The van der Waals surface area contributed by atoms with E-state index in [0.29, 0.717) is 23.1 Å². The number of nitrogens with two attached hydrogens (primary N) is 1. The van der Waals surface area contributed by atoms with Gasteiger partial charge in [-0.2, -0.15) is 20.0 Å². The number of aryl methyl sites for hydroxylation is 1. The minimum Gasteiger partial charge on any atom is -0.439 e. The Balaban J connectivity index is 1.84. The van der Waals surface area contributed by atoms with Gasteiger partial charge in [-0.25, -0.2) is 9.37 Å². The first-order valence-electron chi connectivity index (χ1n) is 8.68. The summed E-state index contributed by atoms with van der Waals surface area (Å²) in [5.74, 6) is 1.19. The Morgan fingerprint density at radius 3 is 2.45 bits per heavy atom. The van der Waals surface area contributed by atoms with Crippen LogP contribution in [0.5, 0.6) is 11.6 Å². The molecule has 0 aliphatic carbocycles. The highest BCUT2D eigenvalue weighted by Gasteiger charge is 2.17. The summed E-state index contributed by atoms with van der Waals surface area (Å²) in [5, 5.41) is 13.6. The Morgan fingerprint density at radius 1 is 1.07 bits per heavy atom. The molecule has 0 radical (unpaired) electrons. The predicted molar refractivity (Wildman–Crippen MR) is 105 cm³/mol. The van der Waals surface area contributed by atoms with Gasteiger partial charge < -0.3 is 10.5 Å². The van der Waals surface area contributed by atoms with Crippen molar-refractivity contribution in [2.24, 2.45) is 0 Å². The molecule has 2 aromatic carbocycles. The zero-order valence-corrected chi connectivity index (χ0v) is 15.4. The lowest BCUT2D eigenvalue weighted by molar-refractivity contribution is 0.460. The van der Waals surface area contributed by atoms with Crippen LogP contribution in [0.15, 0.2) is 60.7 Å². The summed E-state index contributed by atoms with van der Waals surface area (Å²) < 4.78 is 20.4. The van der Waals surface area contributed by atoms with E-state index in [4.69, 9.17) is 10.5 Å². The molecule has 0 amide bonds. The van der Waals surface area contributed by atoms with Crippen molar-refractivity contribution in [2.75, 3.05) is 5.73 Å². The van der Waals surface area contributed by atoms with Crippen LogP contribution < -0.4 is 10.5 Å². The molecule has 0 fully saturated rings. The lowest BCUT2D eigenvalue weighted by Crippen LogP contribution is -2.07. The number of benzene rings is 2. The van der Waals surface area contributed by atoms with Crippen LogP contribution in [0.1, 0.15) is 11.3 Å². The van der Waals surface area contributed by atoms with Gasteiger partial charge in [-0.05, 0) is 31.2 Å². The van der Waals surface area contributed by atoms with Crippen LogP contribution >= 0.6 is 0 Å². The summed E-state index contributed by atoms with van der Waals surface area (Å²) >= 11 is 0. The number of hydrogen-bond acceptors (Lipinski definition) is 6. The summed E-state index contributed by atoms with van der Waals surface area (Å²) in [5.41, 5.74) is 7.63. The van der Waals surface area contributed by atoms with Crippen molar-refractivity contribution in [3.8, 4) is 34.9 Å². The second-order valence-corrected chi connectivity index (χ2v) is 6.18. The fourth-order valence-corrected chi connectivity index (χ4v) is 2.77. The maximum Gasteiger partial charge on any atom is 0.225 e. The molecule has 0 saturated heterocycles. The average molecular weight is 386 g/mol. The molecule has 0 bridgehead atoms. The third-order valence-electron chi connectivity index (χ3n) is 4.18. The molecule has 0 spiro atoms. The summed E-state index contributed by atoms with van der Waals surface area (Å²) in [6.45, 7) is 1.70. The van der Waals surface area contributed by atoms with Crippen molar-refractivity contribution in [3.63, 3.8) is 0 Å². The van der Waals surface area contributed by atoms with Gasteiger partial charge in [-0.1, -0.05) is 30.3 Å². The number of nitrogens with zero attached hydrogens (tertiary/aromatic N) is 5. The van der Waals surface area contributed by atoms with Crippen molar-refractivity contribution >= 4 is 5.82 Å². The van der Waals surface area contributed by atoms with Crippen molar-refractivity contribution in [1.82, 2.24) is 19.7 Å². The largest absolute Gasteiger partial charge is 0.439 e. The van der Waals surface area contributed by atoms with Gasteiger partial charge in [-0.3, -0.25) is 0 Å². The van der Waals surface area contributed by atoms with Crippen LogP contribution in [0.4, 0.5) is 10.2 Å². The average Bonchev–Trinajstić information content (AvgIpc) is 3.03. The second-order valence-electron chi connectivity index (χ2n) is 6.18. The Kier molecular flexibility index (Phi) is 4.63. The number of nitriles is 1. The van der Waals surface area contributed by atoms with E-state index in [1.807, 2.05) is 36.4 Å². The Bertz CT molecular complexity index is 1210. The van der Waals surface area contributed by atoms with Crippen LogP contribution in [0.2, 0.25) is 0 Å². The first kappa shape index (κ1) is 18.1. The minimum absolute atomic E-state index is 0.176. The second kappa shape index (κ2) is 7.40. The Morgan fingerprint density at radius 2 is 1.79 bits per heavy atom. The van der Waals surface area contributed by atoms with E-state index >= 15 is 0 Å². The fraction of sp³-hybridized carbons (Fsp3) is 0.0476. The molecule has 0 unspecified atom stereocenters. The molecular weight excluding hydrogens is 371 g/mol. The molecule has 2 N–H and O–H groups in total. The van der Waals surface area contributed by atoms with Gasteiger partial charge in [-0.15, -0.1) is 0 Å². The lowest BCUT2D eigenvalue weighted by Gasteiger charge is -2.10. The van der Waals surface area contributed by atoms with Crippen LogP contribution in [-0.2, 0) is 0 Å². The van der Waals surface area contributed by atoms with Crippen LogP contribution in [0, 0.1) is 24.1 Å². The fourth-order valence-electron chi connectivity index (χ4n) is 2.77. The predicted octanol–water partition coefficient (Wildman–Crippen LogP) is 4.02. The normalized spacial score (nSPS) is 10.5. The zero-order chi connectivity index (χ0) is 20.4. The van der Waals surface area contributed by atoms with Crippen molar-refractivity contribution in [3.05, 3.63) is 77.7 Å². The summed E-state index contributed by atoms with van der Waals surface area (Å²) in [4.78, 5) is 8.99. The molecular formula is C21H15FN6O. The highest BCUT2D eigenvalue weighted by Crippen LogP contribution is 2.27. The van der Waals surface area contributed by atoms with Crippen LogP contribution in [-0.4, -0.2) is 19.7 Å². The number of ether oxygens (including phenoxy) is 1. The van der Waals surface area contributed by atoms with E-state index in [1.165, 1.54) is 28.9 Å². The lowest BCUT2D eigenvalue weighted by atomic mass is 10.2. The molecule has 4 rings (SSSR count). The number of anilines is 1. The molecule has 29 heavy (non-hydrogen) atoms. The Labute approximate surface area is 165 Å². The van der Waals surface area contributed by atoms with E-state index in [2.05, 4.69) is 15.1 Å². The van der Waals surface area contributed by atoms with Gasteiger partial charge in [0, 0.05) is 11.6 Å². The third kappa shape index (κ3) is 3.61. The van der Waals surface area contributed by atoms with Gasteiger partial charge in [0.1, 0.15) is 29.0 Å². The maximum absolute atomic E-state index is 13.2. The quantitative estimate of drug-likeness (QED) is 0.568. The molecule has 0 atom stereocenters. The molecule has 2 aromatic heterocycles. The van der Waals surface area contributed by atoms with Gasteiger partial charge in [0.2, 0.25) is 5.88 Å². The monoisotopic (exact) mass is 386 g/mol. The number of rotatable bonds is 4. The molecule has 0 aliphatic rings. The van der Waals surface area contributed by atoms with Crippen molar-refractivity contribution in [2.45, 2.75) is 6.92 Å². The van der Waals surface area contributed by atoms with Crippen molar-refractivity contribution < 1.29 is 9.13 Å². The van der Waals surface area contributed by atoms with Gasteiger partial charge in [0.25, 0.3) is 0 Å². The number of aromatic nitrogens is 4. The smallest absolute Gasteiger partial charge is 0.225 e. The third-order valence-corrected chi connectivity index (χ3v) is 4.18. The van der Waals surface area contributed by atoms with Crippen molar-refractivity contribution in [1.29, 1.82) is 5.26 Å². The molecule has 0 aliphatic heterocycles. The highest BCUT2D eigenvalue weighted by atomic mass is 19.1. The SMILES string of the molecule is Cc1nn(-c2cc(Oc3ccc(F)cc3)nc(-c3ccccc3)n2)c(N)c1C#N. The maximum atomic E-state index is 13.2. The number of hydrogen-bond donors (Lipinski definition) is 1. The molecule has 7 nitrogen and oxygen atoms in total. The van der Waals surface area contributed by atoms with Gasteiger partial charge >= 0.3 is 0 Å². The van der Waals surface area contributed by atoms with E-state index in [9.17, 15) is 9.65 Å². The van der Waals surface area contributed by atoms with Gasteiger partial charge in [0.05, 0.1) is 5.69 Å². The molecule has 8 heteroatoms. The standard InChI is InChI=1S/C21H15FN6O/c1-13-17(12-23)20(24)28(27-13)18-11-19(29-16-9-7-15(22)8-10-16)26-21(25-18)14-5-3-2-4-6-14/h2-11H,24H2,1H3. The van der Waals surface area contributed by atoms with Crippen LogP contribution in [0.3, 0.4) is 0 Å². The summed E-state index contributed by atoms with van der Waals surface area (Å²) in [7, 11) is 0. The van der Waals surface area contributed by atoms with E-state index < -0.39 is 0 Å². The molecule has 2 heterocycles. The number of halogens is 1. The number of nitrogen functional groups attached to an aromatic ring is 1. The van der Waals surface area contributed by atoms with E-state index in [-0.39, 0.29) is 23.1 Å². The summed E-state index contributed by atoms with van der Waals surface area (Å²) in [6.07, 6.45) is 0. The first-order chi connectivity index (χ1) is 14.0. The topological polar surface area (TPSA) is 103 Å². The van der Waals surface area contributed by atoms with E-state index in [1.54, 1.807) is 13.0 Å². The van der Waals surface area contributed by atoms with Crippen LogP contribution in [0.25, 0.3) is 17.2 Å². The highest BCUT2D eigenvalue weighted by molar-refractivity contribution is 5.59. The van der Waals surface area contributed by atoms with Gasteiger partial charge in [0.15, 0.2) is 11.6 Å². The van der Waals surface area contributed by atoms with E-state index in [0.717, 1.165) is 5.56 Å². The first-order valence-corrected chi connectivity index (χ1v) is 8.68.